The Kier molecular flexibility index (Phi) is 3.58. The van der Waals surface area contributed by atoms with Crippen LogP contribution in [-0.4, -0.2) is 47.7 Å². The lowest BCUT2D eigenvalue weighted by atomic mass is 9.84. The molecule has 0 saturated carbocycles. The van der Waals surface area contributed by atoms with E-state index in [1.807, 2.05) is 18.4 Å². The summed E-state index contributed by atoms with van der Waals surface area (Å²) < 4.78 is 5.44. The molecule has 0 radical (unpaired) electrons. The van der Waals surface area contributed by atoms with Crippen molar-refractivity contribution in [3.8, 4) is 0 Å². The number of thioether (sulfide) groups is 1. The van der Waals surface area contributed by atoms with Crippen molar-refractivity contribution in [2.24, 2.45) is 5.92 Å². The number of nitrogens with zero attached hydrogens (tertiary/aromatic N) is 2. The molecule has 22 heavy (non-hydrogen) atoms. The lowest BCUT2D eigenvalue weighted by Gasteiger charge is -2.44. The molecule has 2 bridgehead atoms. The van der Waals surface area contributed by atoms with Gasteiger partial charge >= 0.3 is 0 Å². The van der Waals surface area contributed by atoms with Crippen LogP contribution in [0.5, 0.6) is 0 Å². The molecule has 1 unspecified atom stereocenters. The first kappa shape index (κ1) is 14.1. The summed E-state index contributed by atoms with van der Waals surface area (Å²) in [6.07, 6.45) is 5.96. The van der Waals surface area contributed by atoms with E-state index in [1.54, 1.807) is 6.26 Å². The van der Waals surface area contributed by atoms with Crippen molar-refractivity contribution < 1.29 is 9.21 Å². The van der Waals surface area contributed by atoms with E-state index in [1.165, 1.54) is 37.7 Å². The summed E-state index contributed by atoms with van der Waals surface area (Å²) in [6.45, 7) is 3.32. The Labute approximate surface area is 133 Å². The number of furan rings is 1. The van der Waals surface area contributed by atoms with E-state index < -0.39 is 0 Å². The molecule has 5 heterocycles. The first-order chi connectivity index (χ1) is 10.7. The quantitative estimate of drug-likeness (QED) is 0.881. The molecule has 0 spiro atoms. The summed E-state index contributed by atoms with van der Waals surface area (Å²) in [6, 6.07) is 3.95. The Morgan fingerprint density at radius 3 is 2.95 bits per heavy atom. The van der Waals surface area contributed by atoms with Crippen molar-refractivity contribution >= 4 is 28.6 Å². The number of carbonyl (C=O) groups excluding carboxylic acids is 1. The molecule has 2 aromatic heterocycles. The summed E-state index contributed by atoms with van der Waals surface area (Å²) in [5, 5.41) is 4.89. The maximum atomic E-state index is 12.6. The second-order valence-electron chi connectivity index (χ2n) is 6.07. The van der Waals surface area contributed by atoms with Crippen LogP contribution >= 0.6 is 11.8 Å². The number of piperidine rings is 3. The normalized spacial score (nSPS) is 27.2. The average molecular weight is 317 g/mol. The molecule has 2 aromatic rings. The first-order valence-electron chi connectivity index (χ1n) is 7.70. The summed E-state index contributed by atoms with van der Waals surface area (Å²) in [7, 11) is 0. The maximum absolute atomic E-state index is 12.6. The van der Waals surface area contributed by atoms with Crippen molar-refractivity contribution in [3.63, 3.8) is 0 Å². The van der Waals surface area contributed by atoms with E-state index in [0.717, 1.165) is 22.5 Å². The van der Waals surface area contributed by atoms with Gasteiger partial charge in [-0.25, -0.2) is 4.98 Å². The third kappa shape index (κ3) is 2.40. The molecule has 116 valence electrons. The molecule has 3 fully saturated rings. The molecule has 3 aliphatic heterocycles. The minimum Gasteiger partial charge on any atom is -0.461 e. The Hall–Kier alpha value is -1.53. The molecule has 3 aliphatic rings. The van der Waals surface area contributed by atoms with Crippen molar-refractivity contribution in [2.45, 2.75) is 23.9 Å². The predicted molar refractivity (Wildman–Crippen MR) is 86.2 cm³/mol. The van der Waals surface area contributed by atoms with Crippen LogP contribution < -0.4 is 5.32 Å². The molecule has 5 rings (SSSR count). The molecule has 0 aromatic carbocycles. The minimum absolute atomic E-state index is 0.0721. The van der Waals surface area contributed by atoms with Crippen molar-refractivity contribution in [1.29, 1.82) is 0 Å². The van der Waals surface area contributed by atoms with Crippen LogP contribution in [-0.2, 0) is 0 Å². The van der Waals surface area contributed by atoms with Gasteiger partial charge in [0.05, 0.1) is 6.26 Å². The fourth-order valence-corrected chi connectivity index (χ4v) is 4.11. The van der Waals surface area contributed by atoms with Crippen LogP contribution in [0, 0.1) is 5.92 Å². The lowest BCUT2D eigenvalue weighted by Crippen LogP contribution is -2.57. The van der Waals surface area contributed by atoms with Crippen molar-refractivity contribution in [2.75, 3.05) is 25.9 Å². The van der Waals surface area contributed by atoms with Gasteiger partial charge in [-0.15, -0.1) is 11.8 Å². The topological polar surface area (TPSA) is 58.4 Å². The number of carbonyl (C=O) groups is 1. The van der Waals surface area contributed by atoms with Gasteiger partial charge in [0.1, 0.15) is 10.7 Å². The van der Waals surface area contributed by atoms with Crippen LogP contribution in [0.15, 0.2) is 27.8 Å². The first-order valence-corrected chi connectivity index (χ1v) is 8.92. The second-order valence-corrected chi connectivity index (χ2v) is 6.87. The minimum atomic E-state index is -0.0721. The largest absolute Gasteiger partial charge is 0.461 e. The molecule has 1 amide bonds. The zero-order chi connectivity index (χ0) is 15.1. The number of hydrogen-bond donors (Lipinski definition) is 1. The van der Waals surface area contributed by atoms with Crippen LogP contribution in [0.4, 0.5) is 0 Å². The highest BCUT2D eigenvalue weighted by molar-refractivity contribution is 7.98. The van der Waals surface area contributed by atoms with E-state index in [9.17, 15) is 4.79 Å². The predicted octanol–water partition coefficient (Wildman–Crippen LogP) is 2.37. The van der Waals surface area contributed by atoms with Crippen molar-refractivity contribution in [3.05, 3.63) is 24.1 Å². The van der Waals surface area contributed by atoms with E-state index in [4.69, 9.17) is 4.42 Å². The van der Waals surface area contributed by atoms with Crippen LogP contribution in [0.3, 0.4) is 0 Å². The summed E-state index contributed by atoms with van der Waals surface area (Å²) in [5.74, 6) is 0.545. The fourth-order valence-electron chi connectivity index (χ4n) is 3.57. The molecule has 1 N–H and O–H groups in total. The average Bonchev–Trinajstić information content (AvgIpc) is 3.03. The summed E-state index contributed by atoms with van der Waals surface area (Å²) in [4.78, 5) is 19.5. The lowest BCUT2D eigenvalue weighted by molar-refractivity contribution is 0.0617. The molecule has 0 aliphatic carbocycles. The van der Waals surface area contributed by atoms with E-state index >= 15 is 0 Å². The number of nitrogens with one attached hydrogen (secondary N) is 1. The van der Waals surface area contributed by atoms with Gasteiger partial charge in [-0.1, -0.05) is 0 Å². The van der Waals surface area contributed by atoms with Gasteiger partial charge in [0, 0.05) is 18.0 Å². The SMILES string of the molecule is CSc1nc(C(=O)NC2CN3CCC2CC3)cc2ccoc12. The zero-order valence-corrected chi connectivity index (χ0v) is 13.4. The van der Waals surface area contributed by atoms with Gasteiger partial charge in [-0.05, 0) is 50.2 Å². The Morgan fingerprint density at radius 1 is 1.45 bits per heavy atom. The number of rotatable bonds is 3. The number of hydrogen-bond acceptors (Lipinski definition) is 5. The van der Waals surface area contributed by atoms with Crippen LogP contribution in [0.2, 0.25) is 0 Å². The smallest absolute Gasteiger partial charge is 0.270 e. The van der Waals surface area contributed by atoms with E-state index in [-0.39, 0.29) is 11.9 Å². The maximum Gasteiger partial charge on any atom is 0.270 e. The number of fused-ring (bicyclic) bond motifs is 4. The Balaban J connectivity index is 1.57. The van der Waals surface area contributed by atoms with Gasteiger partial charge in [0.15, 0.2) is 5.58 Å². The third-order valence-corrected chi connectivity index (χ3v) is 5.47. The summed E-state index contributed by atoms with van der Waals surface area (Å²) in [5.41, 5.74) is 1.24. The van der Waals surface area contributed by atoms with E-state index in [2.05, 4.69) is 15.2 Å². The Bertz CT molecular complexity index is 706. The standard InChI is InChI=1S/C16H19N3O2S/c1-22-16-14-11(4-7-21-14)8-12(18-16)15(20)17-13-9-19-5-2-10(13)3-6-19/h4,7-8,10,13H,2-3,5-6,9H2,1H3,(H,17,20). The highest BCUT2D eigenvalue weighted by Gasteiger charge is 2.35. The van der Waals surface area contributed by atoms with Gasteiger partial charge in [-0.3, -0.25) is 4.79 Å². The Morgan fingerprint density at radius 2 is 2.27 bits per heavy atom. The molecular weight excluding hydrogens is 298 g/mol. The highest BCUT2D eigenvalue weighted by Crippen LogP contribution is 2.29. The second kappa shape index (κ2) is 5.59. The van der Waals surface area contributed by atoms with Gasteiger partial charge in [0.2, 0.25) is 0 Å². The van der Waals surface area contributed by atoms with Gasteiger partial charge in [-0.2, -0.15) is 0 Å². The number of amides is 1. The highest BCUT2D eigenvalue weighted by atomic mass is 32.2. The third-order valence-electron chi connectivity index (χ3n) is 4.80. The number of pyridine rings is 1. The van der Waals surface area contributed by atoms with Crippen LogP contribution in [0.25, 0.3) is 11.0 Å². The van der Waals surface area contributed by atoms with E-state index in [0.29, 0.717) is 11.6 Å². The van der Waals surface area contributed by atoms with Gasteiger partial charge < -0.3 is 14.6 Å². The molecule has 3 saturated heterocycles. The number of aromatic nitrogens is 1. The monoisotopic (exact) mass is 317 g/mol. The molecular formula is C16H19N3O2S. The molecule has 6 heteroatoms. The zero-order valence-electron chi connectivity index (χ0n) is 12.5. The summed E-state index contributed by atoms with van der Waals surface area (Å²) >= 11 is 1.50. The molecule has 1 atom stereocenters. The fraction of sp³-hybridized carbons (Fsp3) is 0.500. The molecule has 5 nitrogen and oxygen atoms in total. The van der Waals surface area contributed by atoms with Gasteiger partial charge in [0.25, 0.3) is 5.91 Å². The van der Waals surface area contributed by atoms with Crippen molar-refractivity contribution in [1.82, 2.24) is 15.2 Å². The van der Waals surface area contributed by atoms with Crippen LogP contribution in [0.1, 0.15) is 23.3 Å².